The van der Waals surface area contributed by atoms with Crippen molar-refractivity contribution in [3.8, 4) is 28.6 Å². The first-order chi connectivity index (χ1) is 22.1. The van der Waals surface area contributed by atoms with Gasteiger partial charge in [0, 0.05) is 71.3 Å². The first-order valence-corrected chi connectivity index (χ1v) is 16.3. The molecule has 0 fully saturated rings. The van der Waals surface area contributed by atoms with Crippen molar-refractivity contribution in [3.05, 3.63) is 103 Å². The van der Waals surface area contributed by atoms with Gasteiger partial charge in [-0.1, -0.05) is 23.6 Å². The minimum atomic E-state index is 0. The second-order valence-electron chi connectivity index (χ2n) is 12.9. The van der Waals surface area contributed by atoms with Crippen molar-refractivity contribution in [2.24, 2.45) is 0 Å². The smallest absolute Gasteiger partial charge is 0.460 e. The Kier molecular flexibility index (Phi) is 10.4. The van der Waals surface area contributed by atoms with E-state index in [1.807, 2.05) is 36.5 Å². The zero-order valence-electron chi connectivity index (χ0n) is 28.4. The van der Waals surface area contributed by atoms with E-state index >= 15 is 0 Å². The van der Waals surface area contributed by atoms with E-state index in [0.29, 0.717) is 35.8 Å². The van der Waals surface area contributed by atoms with Crippen LogP contribution < -0.4 is 14.5 Å². The van der Waals surface area contributed by atoms with Crippen LogP contribution >= 0.6 is 0 Å². The fourth-order valence-electron chi connectivity index (χ4n) is 6.76. The fourth-order valence-corrected chi connectivity index (χ4v) is 6.76. The monoisotopic (exact) mass is 804 g/mol. The van der Waals surface area contributed by atoms with Crippen molar-refractivity contribution in [3.63, 3.8) is 0 Å². The van der Waals surface area contributed by atoms with E-state index in [2.05, 4.69) is 135 Å². The molecule has 3 aromatic heterocycles. The molecular formula is C40H43N5OPt. The van der Waals surface area contributed by atoms with Crippen LogP contribution in [0.25, 0.3) is 38.8 Å². The molecule has 6 nitrogen and oxygen atoms in total. The SMILES string of the molecule is CC(C)N(c1ccnc(Oc2[c-]c(-c3[c-]c4c(cc3)c3ccccc3n4-c3cc(N(C(C)C)C(C)C)ccn3)ccc2)c1)C(C)C.[Pt+2]. The van der Waals surface area contributed by atoms with Crippen molar-refractivity contribution < 1.29 is 25.8 Å². The van der Waals surface area contributed by atoms with Crippen LogP contribution in [0.5, 0.6) is 11.6 Å². The minimum absolute atomic E-state index is 0. The van der Waals surface area contributed by atoms with Crippen molar-refractivity contribution in [1.82, 2.24) is 14.5 Å². The number of hydrogen-bond donors (Lipinski definition) is 0. The quantitative estimate of drug-likeness (QED) is 0.129. The minimum Gasteiger partial charge on any atom is -0.460 e. The number of aromatic nitrogens is 3. The number of benzene rings is 3. The molecular weight excluding hydrogens is 762 g/mol. The van der Waals surface area contributed by atoms with E-state index in [-0.39, 0.29) is 21.1 Å². The Morgan fingerprint density at radius 3 is 1.91 bits per heavy atom. The first kappa shape index (κ1) is 34.2. The maximum Gasteiger partial charge on any atom is 2.00 e. The Morgan fingerprint density at radius 2 is 1.23 bits per heavy atom. The summed E-state index contributed by atoms with van der Waals surface area (Å²) in [6.45, 7) is 17.7. The maximum atomic E-state index is 6.27. The average molecular weight is 805 g/mol. The molecule has 0 bridgehead atoms. The van der Waals surface area contributed by atoms with Crippen LogP contribution in [0.3, 0.4) is 0 Å². The van der Waals surface area contributed by atoms with E-state index in [1.165, 1.54) is 5.39 Å². The molecule has 0 atom stereocenters. The van der Waals surface area contributed by atoms with Crippen molar-refractivity contribution in [1.29, 1.82) is 0 Å². The van der Waals surface area contributed by atoms with Gasteiger partial charge in [0.05, 0.1) is 0 Å². The van der Waals surface area contributed by atoms with Crippen LogP contribution in [0.2, 0.25) is 0 Å². The van der Waals surface area contributed by atoms with Crippen molar-refractivity contribution in [2.45, 2.75) is 79.6 Å². The Bertz CT molecular complexity index is 1960. The Labute approximate surface area is 293 Å². The Balaban J connectivity index is 0.00000433. The van der Waals surface area contributed by atoms with Crippen LogP contribution in [-0.4, -0.2) is 38.7 Å². The summed E-state index contributed by atoms with van der Waals surface area (Å²) < 4.78 is 8.49. The number of pyridine rings is 2. The molecule has 47 heavy (non-hydrogen) atoms. The molecule has 0 unspecified atom stereocenters. The van der Waals surface area contributed by atoms with E-state index in [0.717, 1.165) is 44.7 Å². The molecule has 6 aromatic rings. The molecule has 0 saturated heterocycles. The van der Waals surface area contributed by atoms with Gasteiger partial charge in [0.25, 0.3) is 0 Å². The summed E-state index contributed by atoms with van der Waals surface area (Å²) >= 11 is 0. The summed E-state index contributed by atoms with van der Waals surface area (Å²) in [6, 6.07) is 35.7. The second kappa shape index (κ2) is 14.3. The molecule has 0 radical (unpaired) electrons. The molecule has 0 aliphatic heterocycles. The third-order valence-electron chi connectivity index (χ3n) is 8.35. The Hall–Kier alpha value is -4.15. The van der Waals surface area contributed by atoms with Crippen LogP contribution in [0.4, 0.5) is 11.4 Å². The molecule has 6 rings (SSSR count). The van der Waals surface area contributed by atoms with Gasteiger partial charge in [0.15, 0.2) is 0 Å². The summed E-state index contributed by atoms with van der Waals surface area (Å²) in [4.78, 5) is 14.1. The van der Waals surface area contributed by atoms with Gasteiger partial charge in [0.1, 0.15) is 5.82 Å². The normalized spacial score (nSPS) is 11.6. The van der Waals surface area contributed by atoms with Gasteiger partial charge < -0.3 is 19.1 Å². The number of hydrogen-bond acceptors (Lipinski definition) is 5. The standard InChI is InChI=1S/C40H43N5O.Pt/c1-26(2)43(27(3)4)32-18-20-41-39(24-32)45-37-15-10-9-14-35(37)36-17-16-31(23-38(36)45)30-12-11-13-34(22-30)46-40-25-33(19-21-42-40)44(28(5)6)29(7)8;/h9-21,24-29H,1-8H3;/q-2;+2. The first-order valence-electron chi connectivity index (χ1n) is 16.3. The van der Waals surface area contributed by atoms with Gasteiger partial charge in [-0.05, 0) is 84.5 Å². The molecule has 0 aliphatic carbocycles. The van der Waals surface area contributed by atoms with Crippen molar-refractivity contribution >= 4 is 33.2 Å². The van der Waals surface area contributed by atoms with Crippen molar-refractivity contribution in [2.75, 3.05) is 9.80 Å². The zero-order valence-corrected chi connectivity index (χ0v) is 30.7. The molecule has 3 heterocycles. The second-order valence-corrected chi connectivity index (χ2v) is 12.9. The summed E-state index contributed by atoms with van der Waals surface area (Å²) in [5.74, 6) is 2.01. The van der Waals surface area contributed by atoms with Gasteiger partial charge >= 0.3 is 21.1 Å². The van der Waals surface area contributed by atoms with Crippen LogP contribution in [-0.2, 0) is 21.1 Å². The topological polar surface area (TPSA) is 46.4 Å². The van der Waals surface area contributed by atoms with Gasteiger partial charge in [0.2, 0.25) is 5.88 Å². The van der Waals surface area contributed by atoms with Gasteiger partial charge in [-0.2, -0.15) is 24.3 Å². The largest absolute Gasteiger partial charge is 2.00 e. The maximum absolute atomic E-state index is 6.27. The van der Waals surface area contributed by atoms with Crippen LogP contribution in [0.1, 0.15) is 55.4 Å². The average Bonchev–Trinajstić information content (AvgIpc) is 3.34. The predicted molar refractivity (Wildman–Crippen MR) is 191 cm³/mol. The predicted octanol–water partition coefficient (Wildman–Crippen LogP) is 9.88. The van der Waals surface area contributed by atoms with Crippen LogP contribution in [0, 0.1) is 12.1 Å². The summed E-state index contributed by atoms with van der Waals surface area (Å²) in [5.41, 5.74) is 6.13. The third kappa shape index (κ3) is 6.94. The molecule has 244 valence electrons. The summed E-state index contributed by atoms with van der Waals surface area (Å²) in [5, 5.41) is 2.30. The fraction of sp³-hybridized carbons (Fsp3) is 0.300. The summed E-state index contributed by atoms with van der Waals surface area (Å²) in [7, 11) is 0. The number of anilines is 2. The van der Waals surface area contributed by atoms with E-state index < -0.39 is 0 Å². The third-order valence-corrected chi connectivity index (χ3v) is 8.35. The number of para-hydroxylation sites is 1. The number of fused-ring (bicyclic) bond motifs is 3. The van der Waals surface area contributed by atoms with Gasteiger partial charge in [-0.25, -0.2) is 21.1 Å². The molecule has 0 saturated carbocycles. The zero-order chi connectivity index (χ0) is 32.5. The van der Waals surface area contributed by atoms with E-state index in [9.17, 15) is 0 Å². The molecule has 0 spiro atoms. The number of rotatable bonds is 10. The molecule has 7 heteroatoms. The molecule has 0 N–H and O–H groups in total. The number of nitrogens with zero attached hydrogens (tertiary/aromatic N) is 5. The van der Waals surface area contributed by atoms with E-state index in [1.54, 1.807) is 6.20 Å². The van der Waals surface area contributed by atoms with Crippen LogP contribution in [0.15, 0.2) is 91.3 Å². The van der Waals surface area contributed by atoms with E-state index in [4.69, 9.17) is 9.72 Å². The molecule has 3 aromatic carbocycles. The molecule has 0 amide bonds. The van der Waals surface area contributed by atoms with Gasteiger partial charge in [-0.3, -0.25) is 0 Å². The molecule has 0 aliphatic rings. The van der Waals surface area contributed by atoms with Gasteiger partial charge in [-0.15, -0.1) is 18.2 Å². The number of ether oxygens (including phenoxy) is 1. The Morgan fingerprint density at radius 1 is 0.617 bits per heavy atom. The summed E-state index contributed by atoms with van der Waals surface area (Å²) in [6.07, 6.45) is 3.71.